The first-order chi connectivity index (χ1) is 10.1. The lowest BCUT2D eigenvalue weighted by Gasteiger charge is -2.13. The molecule has 0 atom stereocenters. The molecule has 2 aromatic carbocycles. The maximum absolute atomic E-state index is 13.3. The van der Waals surface area contributed by atoms with Gasteiger partial charge in [0.25, 0.3) is 0 Å². The highest BCUT2D eigenvalue weighted by molar-refractivity contribution is 9.10. The Labute approximate surface area is 137 Å². The van der Waals surface area contributed by atoms with Crippen LogP contribution in [0.15, 0.2) is 40.9 Å². The summed E-state index contributed by atoms with van der Waals surface area (Å²) < 4.78 is 25.3. The van der Waals surface area contributed by atoms with Crippen LogP contribution in [0.4, 0.5) is 4.39 Å². The summed E-state index contributed by atoms with van der Waals surface area (Å²) in [5, 5.41) is 0. The van der Waals surface area contributed by atoms with Gasteiger partial charge in [0, 0.05) is 10.4 Å². The highest BCUT2D eigenvalue weighted by Gasteiger charge is 2.07. The van der Waals surface area contributed by atoms with E-state index < -0.39 is 0 Å². The standard InChI is InChI=1S/C16H15BrClFO2/c1-2-20-16-7-11(9-18)3-4-15(16)21-10-12-5-13(17)8-14(19)6-12/h3-8H,2,9-10H2,1H3. The fraction of sp³-hybridized carbons (Fsp3) is 0.250. The van der Waals surface area contributed by atoms with Crippen molar-refractivity contribution >= 4 is 27.5 Å². The molecule has 0 unspecified atom stereocenters. The zero-order valence-corrected chi connectivity index (χ0v) is 13.9. The molecular formula is C16H15BrClFO2. The quantitative estimate of drug-likeness (QED) is 0.639. The van der Waals surface area contributed by atoms with Gasteiger partial charge < -0.3 is 9.47 Å². The molecule has 5 heteroatoms. The molecule has 0 radical (unpaired) electrons. The third-order valence-electron chi connectivity index (χ3n) is 2.78. The Morgan fingerprint density at radius 3 is 2.52 bits per heavy atom. The lowest BCUT2D eigenvalue weighted by atomic mass is 10.2. The Morgan fingerprint density at radius 1 is 1.05 bits per heavy atom. The van der Waals surface area contributed by atoms with E-state index in [4.69, 9.17) is 21.1 Å². The van der Waals surface area contributed by atoms with Crippen LogP contribution in [0.2, 0.25) is 0 Å². The Hall–Kier alpha value is -1.26. The van der Waals surface area contributed by atoms with Crippen LogP contribution < -0.4 is 9.47 Å². The van der Waals surface area contributed by atoms with Crippen LogP contribution in [0.1, 0.15) is 18.1 Å². The van der Waals surface area contributed by atoms with Gasteiger partial charge in [0.05, 0.1) is 6.61 Å². The number of benzene rings is 2. The van der Waals surface area contributed by atoms with Gasteiger partial charge in [-0.3, -0.25) is 0 Å². The van der Waals surface area contributed by atoms with Gasteiger partial charge in [0.2, 0.25) is 0 Å². The fourth-order valence-corrected chi connectivity index (χ4v) is 2.56. The molecule has 0 aromatic heterocycles. The van der Waals surface area contributed by atoms with Gasteiger partial charge in [-0.1, -0.05) is 22.0 Å². The van der Waals surface area contributed by atoms with Crippen molar-refractivity contribution in [3.8, 4) is 11.5 Å². The summed E-state index contributed by atoms with van der Waals surface area (Å²) in [6.07, 6.45) is 0. The average molecular weight is 374 g/mol. The van der Waals surface area contributed by atoms with Gasteiger partial charge in [0.15, 0.2) is 11.5 Å². The van der Waals surface area contributed by atoms with E-state index in [0.29, 0.717) is 28.5 Å². The number of hydrogen-bond acceptors (Lipinski definition) is 2. The van der Waals surface area contributed by atoms with Crippen LogP contribution in [-0.4, -0.2) is 6.61 Å². The largest absolute Gasteiger partial charge is 0.490 e. The first-order valence-electron chi connectivity index (χ1n) is 6.52. The van der Waals surface area contributed by atoms with E-state index in [1.165, 1.54) is 12.1 Å². The maximum atomic E-state index is 13.3. The van der Waals surface area contributed by atoms with Crippen molar-refractivity contribution in [3.05, 3.63) is 57.8 Å². The molecule has 0 saturated carbocycles. The van der Waals surface area contributed by atoms with Crippen molar-refractivity contribution < 1.29 is 13.9 Å². The second kappa shape index (κ2) is 7.66. The normalized spacial score (nSPS) is 10.5. The van der Waals surface area contributed by atoms with E-state index in [-0.39, 0.29) is 12.4 Å². The second-order valence-corrected chi connectivity index (χ2v) is 5.60. The lowest BCUT2D eigenvalue weighted by molar-refractivity contribution is 0.269. The fourth-order valence-electron chi connectivity index (χ4n) is 1.88. The van der Waals surface area contributed by atoms with Gasteiger partial charge in [-0.25, -0.2) is 4.39 Å². The Bertz CT molecular complexity index is 599. The van der Waals surface area contributed by atoms with Crippen LogP contribution in [0, 0.1) is 5.82 Å². The maximum Gasteiger partial charge on any atom is 0.161 e. The number of hydrogen-bond donors (Lipinski definition) is 0. The number of ether oxygens (including phenoxy) is 2. The summed E-state index contributed by atoms with van der Waals surface area (Å²) in [5.74, 6) is 1.37. The van der Waals surface area contributed by atoms with Gasteiger partial charge in [-0.15, -0.1) is 11.6 Å². The zero-order valence-electron chi connectivity index (χ0n) is 11.5. The van der Waals surface area contributed by atoms with E-state index in [9.17, 15) is 4.39 Å². The SMILES string of the molecule is CCOc1cc(CCl)ccc1OCc1cc(F)cc(Br)c1. The minimum absolute atomic E-state index is 0.261. The van der Waals surface area contributed by atoms with Crippen LogP contribution in [-0.2, 0) is 12.5 Å². The van der Waals surface area contributed by atoms with Crippen molar-refractivity contribution in [3.63, 3.8) is 0 Å². The predicted molar refractivity (Wildman–Crippen MR) is 85.6 cm³/mol. The average Bonchev–Trinajstić information content (AvgIpc) is 2.45. The van der Waals surface area contributed by atoms with Crippen LogP contribution in [0.5, 0.6) is 11.5 Å². The van der Waals surface area contributed by atoms with Crippen LogP contribution in [0.25, 0.3) is 0 Å². The summed E-state index contributed by atoms with van der Waals surface area (Å²) in [7, 11) is 0. The topological polar surface area (TPSA) is 18.5 Å². The molecule has 21 heavy (non-hydrogen) atoms. The zero-order chi connectivity index (χ0) is 15.2. The molecule has 112 valence electrons. The summed E-state index contributed by atoms with van der Waals surface area (Å²) >= 11 is 9.08. The van der Waals surface area contributed by atoms with Crippen LogP contribution in [0.3, 0.4) is 0 Å². The van der Waals surface area contributed by atoms with Crippen molar-refractivity contribution in [2.45, 2.75) is 19.4 Å². The number of alkyl halides is 1. The summed E-state index contributed by atoms with van der Waals surface area (Å²) in [4.78, 5) is 0. The van der Waals surface area contributed by atoms with E-state index in [0.717, 1.165) is 11.1 Å². The molecular weight excluding hydrogens is 359 g/mol. The molecule has 0 saturated heterocycles. The Balaban J connectivity index is 2.15. The smallest absolute Gasteiger partial charge is 0.161 e. The van der Waals surface area contributed by atoms with Gasteiger partial charge in [-0.2, -0.15) is 0 Å². The molecule has 0 spiro atoms. The van der Waals surface area contributed by atoms with E-state index in [1.807, 2.05) is 31.2 Å². The molecule has 0 fully saturated rings. The molecule has 0 aliphatic carbocycles. The third kappa shape index (κ3) is 4.61. The highest BCUT2D eigenvalue weighted by atomic mass is 79.9. The Kier molecular flexibility index (Phi) is 5.88. The minimum atomic E-state index is -0.300. The molecule has 0 bridgehead atoms. The van der Waals surface area contributed by atoms with Gasteiger partial charge in [0.1, 0.15) is 12.4 Å². The first-order valence-corrected chi connectivity index (χ1v) is 7.84. The number of halogens is 3. The molecule has 2 aromatic rings. The van der Waals surface area contributed by atoms with Crippen LogP contribution >= 0.6 is 27.5 Å². The third-order valence-corrected chi connectivity index (χ3v) is 3.55. The van der Waals surface area contributed by atoms with Crippen molar-refractivity contribution in [2.24, 2.45) is 0 Å². The van der Waals surface area contributed by atoms with Gasteiger partial charge in [-0.05, 0) is 48.4 Å². The van der Waals surface area contributed by atoms with Crippen molar-refractivity contribution in [1.82, 2.24) is 0 Å². The first kappa shape index (κ1) is 16.1. The predicted octanol–water partition coefficient (Wildman–Crippen LogP) is 5.30. The van der Waals surface area contributed by atoms with Gasteiger partial charge >= 0.3 is 0 Å². The minimum Gasteiger partial charge on any atom is -0.490 e. The Morgan fingerprint density at radius 2 is 1.86 bits per heavy atom. The molecule has 0 heterocycles. The van der Waals surface area contributed by atoms with E-state index >= 15 is 0 Å². The molecule has 0 amide bonds. The highest BCUT2D eigenvalue weighted by Crippen LogP contribution is 2.30. The lowest BCUT2D eigenvalue weighted by Crippen LogP contribution is -2.00. The van der Waals surface area contributed by atoms with Crippen molar-refractivity contribution in [2.75, 3.05) is 6.61 Å². The molecule has 0 aliphatic heterocycles. The molecule has 0 aliphatic rings. The number of rotatable bonds is 6. The van der Waals surface area contributed by atoms with Crippen molar-refractivity contribution in [1.29, 1.82) is 0 Å². The molecule has 0 N–H and O–H groups in total. The second-order valence-electron chi connectivity index (χ2n) is 4.41. The molecule has 2 nitrogen and oxygen atoms in total. The van der Waals surface area contributed by atoms with E-state index in [1.54, 1.807) is 0 Å². The van der Waals surface area contributed by atoms with E-state index in [2.05, 4.69) is 15.9 Å². The summed E-state index contributed by atoms with van der Waals surface area (Å²) in [6, 6.07) is 10.2. The molecule has 2 rings (SSSR count). The summed E-state index contributed by atoms with van der Waals surface area (Å²) in [6.45, 7) is 2.70. The summed E-state index contributed by atoms with van der Waals surface area (Å²) in [5.41, 5.74) is 1.70. The monoisotopic (exact) mass is 372 g/mol.